The predicted octanol–water partition coefficient (Wildman–Crippen LogP) is 2.56. The molecule has 1 aromatic heterocycles. The van der Waals surface area contributed by atoms with Gasteiger partial charge in [0.05, 0.1) is 18.9 Å². The van der Waals surface area contributed by atoms with Gasteiger partial charge in [0.15, 0.2) is 5.78 Å². The van der Waals surface area contributed by atoms with E-state index in [1.54, 1.807) is 6.92 Å². The van der Waals surface area contributed by atoms with Gasteiger partial charge in [-0.1, -0.05) is 19.3 Å². The first kappa shape index (κ1) is 24.7. The number of ketones is 1. The third-order valence-electron chi connectivity index (χ3n) is 6.79. The summed E-state index contributed by atoms with van der Waals surface area (Å²) >= 11 is 0. The number of hydrogen-bond donors (Lipinski definition) is 2. The molecule has 0 saturated heterocycles. The van der Waals surface area contributed by atoms with E-state index in [-0.39, 0.29) is 25.5 Å². The fraction of sp³-hybridized carbons (Fsp3) is 0.696. The molecule has 2 N–H and O–H groups in total. The van der Waals surface area contributed by atoms with Gasteiger partial charge in [0.25, 0.3) is 5.56 Å². The molecule has 2 aliphatic carbocycles. The number of carboxylic acids is 1. The Balaban J connectivity index is 2.03. The van der Waals surface area contributed by atoms with E-state index in [2.05, 4.69) is 0 Å². The molecule has 0 unspecified atom stereocenters. The molecule has 0 radical (unpaired) electrons. The summed E-state index contributed by atoms with van der Waals surface area (Å²) in [6, 6.07) is -0.877. The smallest absolute Gasteiger partial charge is 0.334 e. The molecular weight excluding hydrogens is 432 g/mol. The van der Waals surface area contributed by atoms with Gasteiger partial charge in [-0.3, -0.25) is 28.3 Å². The zero-order valence-electron chi connectivity index (χ0n) is 19.0. The zero-order chi connectivity index (χ0) is 24.1. The van der Waals surface area contributed by atoms with Crippen molar-refractivity contribution in [3.05, 3.63) is 26.4 Å². The molecule has 0 bridgehead atoms. The lowest BCUT2D eigenvalue weighted by molar-refractivity contribution is -0.144. The molecule has 10 nitrogen and oxygen atoms in total. The van der Waals surface area contributed by atoms with Crippen LogP contribution in [0.25, 0.3) is 0 Å². The second-order valence-corrected chi connectivity index (χ2v) is 8.89. The van der Waals surface area contributed by atoms with Crippen molar-refractivity contribution < 1.29 is 29.3 Å². The third kappa shape index (κ3) is 5.36. The number of carboxylic acid groups (broad SMARTS) is 1. The Morgan fingerprint density at radius 1 is 0.909 bits per heavy atom. The summed E-state index contributed by atoms with van der Waals surface area (Å²) in [6.45, 7) is 1.81. The van der Waals surface area contributed by atoms with Gasteiger partial charge < -0.3 is 14.9 Å². The Morgan fingerprint density at radius 2 is 1.52 bits per heavy atom. The van der Waals surface area contributed by atoms with Crippen LogP contribution in [-0.2, 0) is 14.3 Å². The van der Waals surface area contributed by atoms with Crippen LogP contribution in [0.5, 0.6) is 5.88 Å². The number of aromatic nitrogens is 2. The second-order valence-electron chi connectivity index (χ2n) is 8.89. The molecular formula is C23H32N2O8. The van der Waals surface area contributed by atoms with Gasteiger partial charge in [-0.15, -0.1) is 0 Å². The topological polar surface area (TPSA) is 145 Å². The molecule has 1 aromatic rings. The maximum atomic E-state index is 13.4. The van der Waals surface area contributed by atoms with Crippen LogP contribution < -0.4 is 11.2 Å². The molecule has 0 aliphatic heterocycles. The van der Waals surface area contributed by atoms with Gasteiger partial charge in [0.2, 0.25) is 5.88 Å². The van der Waals surface area contributed by atoms with Crippen molar-refractivity contribution in [2.24, 2.45) is 5.92 Å². The fourth-order valence-electron chi connectivity index (χ4n) is 5.02. The van der Waals surface area contributed by atoms with Crippen LogP contribution in [0, 0.1) is 5.92 Å². The maximum Gasteiger partial charge on any atom is 0.334 e. The number of nitrogens with zero attached hydrogens (tertiary/aromatic N) is 2. The number of esters is 1. The van der Waals surface area contributed by atoms with E-state index in [0.29, 0.717) is 38.5 Å². The second kappa shape index (κ2) is 10.8. The van der Waals surface area contributed by atoms with Gasteiger partial charge in [0, 0.05) is 18.5 Å². The van der Waals surface area contributed by atoms with Crippen LogP contribution in [0.15, 0.2) is 9.59 Å². The van der Waals surface area contributed by atoms with Crippen molar-refractivity contribution >= 4 is 17.7 Å². The quantitative estimate of drug-likeness (QED) is 0.441. The SMILES string of the molecule is CCOC(=O)CCC(=O)c1c(O)n(C2CCC(C(=O)O)CC2)c(=O)n(C2CCCCC2)c1=O. The Bertz CT molecular complexity index is 1010. The average Bonchev–Trinajstić information content (AvgIpc) is 2.79. The highest BCUT2D eigenvalue weighted by atomic mass is 16.5. The van der Waals surface area contributed by atoms with E-state index >= 15 is 0 Å². The molecule has 182 valence electrons. The number of hydrogen-bond acceptors (Lipinski definition) is 7. The number of aromatic hydroxyl groups is 1. The number of aliphatic carboxylic acids is 1. The molecule has 0 spiro atoms. The number of carbonyl (C=O) groups is 3. The van der Waals surface area contributed by atoms with Crippen molar-refractivity contribution in [2.45, 2.75) is 89.6 Å². The molecule has 10 heteroatoms. The van der Waals surface area contributed by atoms with Crippen molar-refractivity contribution in [3.8, 4) is 5.88 Å². The highest BCUT2D eigenvalue weighted by Gasteiger charge is 2.34. The molecule has 1 heterocycles. The van der Waals surface area contributed by atoms with Crippen LogP contribution in [0.4, 0.5) is 0 Å². The van der Waals surface area contributed by atoms with Crippen LogP contribution in [0.1, 0.15) is 100.0 Å². The predicted molar refractivity (Wildman–Crippen MR) is 118 cm³/mol. The summed E-state index contributed by atoms with van der Waals surface area (Å²) in [4.78, 5) is 62.6. The van der Waals surface area contributed by atoms with Gasteiger partial charge >= 0.3 is 17.6 Å². The molecule has 3 rings (SSSR count). The van der Waals surface area contributed by atoms with Crippen molar-refractivity contribution in [2.75, 3.05) is 6.61 Å². The van der Waals surface area contributed by atoms with E-state index in [0.717, 1.165) is 28.4 Å². The molecule has 0 aromatic carbocycles. The van der Waals surface area contributed by atoms with Gasteiger partial charge in [-0.2, -0.15) is 0 Å². The highest BCUT2D eigenvalue weighted by Crippen LogP contribution is 2.35. The molecule has 2 saturated carbocycles. The number of carbonyl (C=O) groups excluding carboxylic acids is 2. The standard InChI is InChI=1S/C23H32N2O8/c1-2-33-18(27)13-12-17(26)19-20(28)24(15-6-4-3-5-7-15)23(32)25(21(19)29)16-10-8-14(9-11-16)22(30)31/h14-16,29H,2-13H2,1H3,(H,30,31). The zero-order valence-corrected chi connectivity index (χ0v) is 19.0. The fourth-order valence-corrected chi connectivity index (χ4v) is 5.02. The lowest BCUT2D eigenvalue weighted by Crippen LogP contribution is -2.46. The minimum absolute atomic E-state index is 0.163. The molecule has 2 aliphatic rings. The first-order valence-electron chi connectivity index (χ1n) is 11.8. The summed E-state index contributed by atoms with van der Waals surface area (Å²) in [7, 11) is 0. The first-order chi connectivity index (χ1) is 15.8. The largest absolute Gasteiger partial charge is 0.494 e. The van der Waals surface area contributed by atoms with Gasteiger partial charge in [-0.25, -0.2) is 4.79 Å². The Hall–Kier alpha value is -2.91. The third-order valence-corrected chi connectivity index (χ3v) is 6.79. The maximum absolute atomic E-state index is 13.4. The summed E-state index contributed by atoms with van der Waals surface area (Å²) < 4.78 is 7.03. The van der Waals surface area contributed by atoms with E-state index in [1.807, 2.05) is 0 Å². The highest BCUT2D eigenvalue weighted by molar-refractivity contribution is 5.99. The Labute approximate surface area is 191 Å². The van der Waals surface area contributed by atoms with E-state index in [9.17, 15) is 34.2 Å². The molecule has 0 amide bonds. The van der Waals surface area contributed by atoms with E-state index < -0.39 is 52.4 Å². The molecule has 0 atom stereocenters. The minimum atomic E-state index is -0.896. The van der Waals surface area contributed by atoms with Crippen molar-refractivity contribution in [1.29, 1.82) is 0 Å². The lowest BCUT2D eigenvalue weighted by atomic mass is 9.86. The average molecular weight is 465 g/mol. The lowest BCUT2D eigenvalue weighted by Gasteiger charge is -2.31. The van der Waals surface area contributed by atoms with Crippen LogP contribution in [-0.4, -0.2) is 43.7 Å². The van der Waals surface area contributed by atoms with Crippen LogP contribution >= 0.6 is 0 Å². The van der Waals surface area contributed by atoms with Crippen molar-refractivity contribution in [3.63, 3.8) is 0 Å². The summed E-state index contributed by atoms with van der Waals surface area (Å²) in [5.41, 5.74) is -1.97. The Morgan fingerprint density at radius 3 is 2.09 bits per heavy atom. The monoisotopic (exact) mass is 464 g/mol. The van der Waals surface area contributed by atoms with E-state index in [1.165, 1.54) is 0 Å². The number of Topliss-reactive ketones (excluding diaryl/α,β-unsaturated/α-hetero) is 1. The molecule has 33 heavy (non-hydrogen) atoms. The Kier molecular flexibility index (Phi) is 8.10. The number of ether oxygens (including phenoxy) is 1. The van der Waals surface area contributed by atoms with Crippen LogP contribution in [0.2, 0.25) is 0 Å². The summed E-state index contributed by atoms with van der Waals surface area (Å²) in [5, 5.41) is 20.2. The summed E-state index contributed by atoms with van der Waals surface area (Å²) in [5.74, 6) is -3.41. The van der Waals surface area contributed by atoms with E-state index in [4.69, 9.17) is 4.74 Å². The van der Waals surface area contributed by atoms with Crippen molar-refractivity contribution in [1.82, 2.24) is 9.13 Å². The molecule has 2 fully saturated rings. The minimum Gasteiger partial charge on any atom is -0.494 e. The summed E-state index contributed by atoms with van der Waals surface area (Å²) in [6.07, 6.45) is 4.75. The van der Waals surface area contributed by atoms with Gasteiger partial charge in [0.1, 0.15) is 5.56 Å². The first-order valence-corrected chi connectivity index (χ1v) is 11.8. The van der Waals surface area contributed by atoms with Crippen LogP contribution in [0.3, 0.4) is 0 Å². The number of rotatable bonds is 8. The van der Waals surface area contributed by atoms with Gasteiger partial charge in [-0.05, 0) is 45.4 Å². The normalized spacial score (nSPS) is 21.5.